The quantitative estimate of drug-likeness (QED) is 0.820. The molecule has 1 atom stereocenters. The number of nitrogens with zero attached hydrogens (tertiary/aromatic N) is 1. The van der Waals surface area contributed by atoms with Gasteiger partial charge in [0.25, 0.3) is 5.91 Å². The van der Waals surface area contributed by atoms with Crippen LogP contribution in [0.5, 0.6) is 0 Å². The predicted octanol–water partition coefficient (Wildman–Crippen LogP) is 4.05. The predicted molar refractivity (Wildman–Crippen MR) is 111 cm³/mol. The third kappa shape index (κ3) is 4.30. The van der Waals surface area contributed by atoms with E-state index in [9.17, 15) is 4.79 Å². The van der Waals surface area contributed by atoms with Gasteiger partial charge in [-0.15, -0.1) is 24.8 Å². The summed E-state index contributed by atoms with van der Waals surface area (Å²) in [5.74, 6) is 0.571. The van der Waals surface area contributed by atoms with Gasteiger partial charge in [-0.1, -0.05) is 11.6 Å². The van der Waals surface area contributed by atoms with Crippen molar-refractivity contribution in [1.82, 2.24) is 15.6 Å². The summed E-state index contributed by atoms with van der Waals surface area (Å²) in [6.07, 6.45) is 4.72. The molecule has 142 valence electrons. The fraction of sp³-hybridized carbons (Fsp3) is 0.500. The molecular formula is C20H27Cl2N3O. The number of benzene rings is 1. The molecule has 4 nitrogen and oxygen atoms in total. The zero-order valence-corrected chi connectivity index (χ0v) is 16.9. The molecule has 2 N–H and O–H groups in total. The molecule has 6 heteroatoms. The van der Waals surface area contributed by atoms with Crippen LogP contribution in [-0.4, -0.2) is 30.0 Å². The van der Waals surface area contributed by atoms with Crippen molar-refractivity contribution in [2.45, 2.75) is 51.5 Å². The highest BCUT2D eigenvalue weighted by molar-refractivity contribution is 6.07. The summed E-state index contributed by atoms with van der Waals surface area (Å²) in [6, 6.07) is 6.68. The van der Waals surface area contributed by atoms with Gasteiger partial charge in [0.15, 0.2) is 0 Å². The Morgan fingerprint density at radius 1 is 1.19 bits per heavy atom. The number of fused-ring (bicyclic) bond motifs is 1. The number of hydrogen-bond donors (Lipinski definition) is 2. The van der Waals surface area contributed by atoms with Crippen LogP contribution in [0.25, 0.3) is 10.9 Å². The summed E-state index contributed by atoms with van der Waals surface area (Å²) in [4.78, 5) is 17.7. The highest BCUT2D eigenvalue weighted by Crippen LogP contribution is 2.40. The standard InChI is InChI=1S/C20H25N3O.2ClH/c1-12-8-13(2)19-16(9-12)17(10-18(23-19)14-5-6-14)20(24)22-11-15-4-3-7-21-15;;/h8-10,14-15,21H,3-7,11H2,1-2H3,(H,22,24);2*1H. The fourth-order valence-electron chi connectivity index (χ4n) is 3.72. The van der Waals surface area contributed by atoms with Crippen molar-refractivity contribution in [2.24, 2.45) is 0 Å². The molecule has 0 radical (unpaired) electrons. The smallest absolute Gasteiger partial charge is 0.252 e. The van der Waals surface area contributed by atoms with E-state index in [1.165, 1.54) is 24.8 Å². The van der Waals surface area contributed by atoms with Crippen molar-refractivity contribution in [3.8, 4) is 0 Å². The van der Waals surface area contributed by atoms with E-state index in [1.807, 2.05) is 6.07 Å². The third-order valence-corrected chi connectivity index (χ3v) is 5.18. The number of aromatic nitrogens is 1. The molecule has 1 aliphatic carbocycles. The summed E-state index contributed by atoms with van der Waals surface area (Å²) >= 11 is 0. The van der Waals surface area contributed by atoms with Crippen molar-refractivity contribution in [3.63, 3.8) is 0 Å². The molecule has 1 aromatic carbocycles. The lowest BCUT2D eigenvalue weighted by atomic mass is 10.00. The van der Waals surface area contributed by atoms with Crippen molar-refractivity contribution < 1.29 is 4.79 Å². The molecule has 2 heterocycles. The van der Waals surface area contributed by atoms with Crippen LogP contribution >= 0.6 is 24.8 Å². The Balaban J connectivity index is 0.00000121. The first-order valence-electron chi connectivity index (χ1n) is 9.05. The maximum atomic E-state index is 12.9. The lowest BCUT2D eigenvalue weighted by molar-refractivity contribution is 0.0952. The van der Waals surface area contributed by atoms with Crippen LogP contribution in [0, 0.1) is 13.8 Å². The molecule has 26 heavy (non-hydrogen) atoms. The van der Waals surface area contributed by atoms with E-state index >= 15 is 0 Å². The molecule has 2 aromatic rings. The van der Waals surface area contributed by atoms with Crippen molar-refractivity contribution in [1.29, 1.82) is 0 Å². The van der Waals surface area contributed by atoms with Crippen LogP contribution in [0.1, 0.15) is 58.8 Å². The Morgan fingerprint density at radius 2 is 1.96 bits per heavy atom. The summed E-state index contributed by atoms with van der Waals surface area (Å²) in [6.45, 7) is 5.92. The van der Waals surface area contributed by atoms with Crippen LogP contribution in [0.4, 0.5) is 0 Å². The molecule has 1 aliphatic heterocycles. The molecule has 0 bridgehead atoms. The van der Waals surface area contributed by atoms with E-state index in [0.29, 0.717) is 18.5 Å². The van der Waals surface area contributed by atoms with Gasteiger partial charge in [0.05, 0.1) is 11.1 Å². The summed E-state index contributed by atoms with van der Waals surface area (Å²) in [5.41, 5.74) is 5.17. The van der Waals surface area contributed by atoms with Crippen LogP contribution in [0.3, 0.4) is 0 Å². The Labute approximate surface area is 167 Å². The second-order valence-corrected chi connectivity index (χ2v) is 7.35. The molecule has 0 spiro atoms. The average Bonchev–Trinajstić information content (AvgIpc) is 3.28. The molecule has 1 aromatic heterocycles. The lowest BCUT2D eigenvalue weighted by Gasteiger charge is -2.15. The van der Waals surface area contributed by atoms with Gasteiger partial charge in [-0.2, -0.15) is 0 Å². The lowest BCUT2D eigenvalue weighted by Crippen LogP contribution is -2.37. The minimum atomic E-state index is 0. The minimum absolute atomic E-state index is 0. The summed E-state index contributed by atoms with van der Waals surface area (Å²) in [5, 5.41) is 7.54. The molecule has 1 unspecified atom stereocenters. The summed E-state index contributed by atoms with van der Waals surface area (Å²) < 4.78 is 0. The average molecular weight is 396 g/mol. The fourth-order valence-corrected chi connectivity index (χ4v) is 3.72. The zero-order chi connectivity index (χ0) is 16.7. The second kappa shape index (κ2) is 8.55. The second-order valence-electron chi connectivity index (χ2n) is 7.35. The van der Waals surface area contributed by atoms with Gasteiger partial charge in [-0.3, -0.25) is 9.78 Å². The number of carbonyl (C=O) groups excluding carboxylic acids is 1. The first kappa shape index (κ1) is 20.9. The Hall–Kier alpha value is -1.36. The van der Waals surface area contributed by atoms with Crippen LogP contribution < -0.4 is 10.6 Å². The topological polar surface area (TPSA) is 54.0 Å². The van der Waals surface area contributed by atoms with Gasteiger partial charge in [0.2, 0.25) is 0 Å². The number of amides is 1. The van der Waals surface area contributed by atoms with Crippen molar-refractivity contribution >= 4 is 41.6 Å². The molecule has 1 saturated carbocycles. The number of aryl methyl sites for hydroxylation is 2. The van der Waals surface area contributed by atoms with Crippen molar-refractivity contribution in [2.75, 3.05) is 13.1 Å². The number of nitrogens with one attached hydrogen (secondary N) is 2. The van der Waals surface area contributed by atoms with Gasteiger partial charge in [0.1, 0.15) is 0 Å². The first-order valence-corrected chi connectivity index (χ1v) is 9.05. The van der Waals surface area contributed by atoms with Gasteiger partial charge in [-0.05, 0) is 63.8 Å². The normalized spacial score (nSPS) is 18.9. The summed E-state index contributed by atoms with van der Waals surface area (Å²) in [7, 11) is 0. The van der Waals surface area contributed by atoms with Gasteiger partial charge in [0, 0.05) is 29.6 Å². The monoisotopic (exact) mass is 395 g/mol. The highest BCUT2D eigenvalue weighted by Gasteiger charge is 2.27. The molecule has 1 amide bonds. The molecule has 1 saturated heterocycles. The van der Waals surface area contributed by atoms with Crippen LogP contribution in [0.2, 0.25) is 0 Å². The zero-order valence-electron chi connectivity index (χ0n) is 15.3. The Kier molecular flexibility index (Phi) is 6.89. The molecular weight excluding hydrogens is 369 g/mol. The third-order valence-electron chi connectivity index (χ3n) is 5.18. The van der Waals surface area contributed by atoms with E-state index in [2.05, 4.69) is 36.6 Å². The minimum Gasteiger partial charge on any atom is -0.350 e. The molecule has 2 aliphatic rings. The van der Waals surface area contributed by atoms with Crippen LogP contribution in [0.15, 0.2) is 18.2 Å². The van der Waals surface area contributed by atoms with Crippen molar-refractivity contribution in [3.05, 3.63) is 40.6 Å². The SMILES string of the molecule is Cc1cc(C)c2nc(C3CC3)cc(C(=O)NCC3CCCN3)c2c1.Cl.Cl. The first-order chi connectivity index (χ1) is 11.6. The van der Waals surface area contributed by atoms with E-state index in [0.717, 1.165) is 40.7 Å². The van der Waals surface area contributed by atoms with E-state index in [1.54, 1.807) is 0 Å². The number of hydrogen-bond acceptors (Lipinski definition) is 3. The van der Waals surface area contributed by atoms with Gasteiger partial charge < -0.3 is 10.6 Å². The Morgan fingerprint density at radius 3 is 2.62 bits per heavy atom. The highest BCUT2D eigenvalue weighted by atomic mass is 35.5. The molecule has 4 rings (SSSR count). The van der Waals surface area contributed by atoms with Gasteiger partial charge in [-0.25, -0.2) is 0 Å². The largest absolute Gasteiger partial charge is 0.350 e. The van der Waals surface area contributed by atoms with Crippen LogP contribution in [-0.2, 0) is 0 Å². The number of carbonyl (C=O) groups is 1. The Bertz CT molecular complexity index is 799. The maximum Gasteiger partial charge on any atom is 0.252 e. The number of halogens is 2. The maximum absolute atomic E-state index is 12.9. The van der Waals surface area contributed by atoms with E-state index in [-0.39, 0.29) is 30.7 Å². The van der Waals surface area contributed by atoms with E-state index in [4.69, 9.17) is 4.98 Å². The number of pyridine rings is 1. The molecule has 2 fully saturated rings. The van der Waals surface area contributed by atoms with E-state index < -0.39 is 0 Å². The number of rotatable bonds is 4. The van der Waals surface area contributed by atoms with Gasteiger partial charge >= 0.3 is 0 Å².